The highest BCUT2D eigenvalue weighted by molar-refractivity contribution is 7.89. The van der Waals surface area contributed by atoms with Crippen LogP contribution in [0.4, 0.5) is 11.4 Å². The van der Waals surface area contributed by atoms with Crippen molar-refractivity contribution in [3.63, 3.8) is 0 Å². The Hall–Kier alpha value is -1.74. The Morgan fingerprint density at radius 1 is 1.39 bits per heavy atom. The van der Waals surface area contributed by atoms with E-state index in [1.54, 1.807) is 18.4 Å². The molecule has 2 aromatic rings. The van der Waals surface area contributed by atoms with Crippen molar-refractivity contribution in [3.8, 4) is 0 Å². The highest BCUT2D eigenvalue weighted by Gasteiger charge is 2.27. The van der Waals surface area contributed by atoms with Gasteiger partial charge in [0.15, 0.2) is 0 Å². The molecule has 0 aliphatic carbocycles. The van der Waals surface area contributed by atoms with Gasteiger partial charge < -0.3 is 14.6 Å². The number of rotatable bonds is 5. The minimum Gasteiger partial charge on any atom is -0.467 e. The first-order valence-electron chi connectivity index (χ1n) is 7.04. The van der Waals surface area contributed by atoms with Gasteiger partial charge in [0, 0.05) is 13.1 Å². The van der Waals surface area contributed by atoms with E-state index in [0.717, 1.165) is 12.3 Å². The molecule has 1 aromatic heterocycles. The fourth-order valence-electron chi connectivity index (χ4n) is 2.57. The van der Waals surface area contributed by atoms with E-state index in [1.165, 1.54) is 6.07 Å². The highest BCUT2D eigenvalue weighted by atomic mass is 35.5. The van der Waals surface area contributed by atoms with Crippen molar-refractivity contribution in [1.29, 1.82) is 0 Å². The number of benzene rings is 1. The molecule has 1 fully saturated rings. The number of anilines is 2. The summed E-state index contributed by atoms with van der Waals surface area (Å²) in [5, 5.41) is 11.8. The second kappa shape index (κ2) is 6.40. The SMILES string of the molecule is NS(=O)(=O)c1c(Cl)ccc(NCc2ccco2)c1N1CCNC1. The molecule has 2 heterocycles. The summed E-state index contributed by atoms with van der Waals surface area (Å²) in [6.45, 7) is 2.37. The zero-order valence-corrected chi connectivity index (χ0v) is 13.8. The predicted octanol–water partition coefficient (Wildman–Crippen LogP) is 1.56. The first kappa shape index (κ1) is 16.1. The minimum absolute atomic E-state index is 0.0627. The Bertz CT molecular complexity index is 787. The van der Waals surface area contributed by atoms with Gasteiger partial charge in [-0.1, -0.05) is 11.6 Å². The third kappa shape index (κ3) is 3.45. The quantitative estimate of drug-likeness (QED) is 0.751. The molecule has 124 valence electrons. The third-order valence-corrected chi connectivity index (χ3v) is 4.99. The van der Waals surface area contributed by atoms with E-state index in [0.29, 0.717) is 31.1 Å². The van der Waals surface area contributed by atoms with Gasteiger partial charge in [0.25, 0.3) is 0 Å². The molecule has 1 saturated heterocycles. The molecule has 1 aromatic carbocycles. The molecule has 9 heteroatoms. The van der Waals surface area contributed by atoms with Crippen molar-refractivity contribution < 1.29 is 12.8 Å². The van der Waals surface area contributed by atoms with Gasteiger partial charge in [0.2, 0.25) is 10.0 Å². The molecule has 0 spiro atoms. The van der Waals surface area contributed by atoms with Crippen molar-refractivity contribution in [1.82, 2.24) is 5.32 Å². The molecule has 0 amide bonds. The van der Waals surface area contributed by atoms with Gasteiger partial charge in [-0.05, 0) is 24.3 Å². The van der Waals surface area contributed by atoms with Crippen LogP contribution in [-0.2, 0) is 16.6 Å². The highest BCUT2D eigenvalue weighted by Crippen LogP contribution is 2.38. The van der Waals surface area contributed by atoms with Crippen LogP contribution in [-0.4, -0.2) is 28.2 Å². The maximum absolute atomic E-state index is 12.0. The molecule has 0 unspecified atom stereocenters. The molecule has 0 saturated carbocycles. The summed E-state index contributed by atoms with van der Waals surface area (Å²) in [5.41, 5.74) is 1.12. The monoisotopic (exact) mass is 356 g/mol. The number of halogens is 1. The maximum atomic E-state index is 12.0. The third-order valence-electron chi connectivity index (χ3n) is 3.58. The Kier molecular flexibility index (Phi) is 4.49. The zero-order valence-electron chi connectivity index (χ0n) is 12.3. The molecule has 0 atom stereocenters. The summed E-state index contributed by atoms with van der Waals surface area (Å²) in [4.78, 5) is 1.84. The normalized spacial score (nSPS) is 15.1. The largest absolute Gasteiger partial charge is 0.467 e. The van der Waals surface area contributed by atoms with Crippen LogP contribution in [0.3, 0.4) is 0 Å². The number of nitrogens with zero attached hydrogens (tertiary/aromatic N) is 1. The van der Waals surface area contributed by atoms with Gasteiger partial charge in [-0.15, -0.1) is 0 Å². The summed E-state index contributed by atoms with van der Waals surface area (Å²) in [6.07, 6.45) is 1.58. The van der Waals surface area contributed by atoms with Gasteiger partial charge in [-0.2, -0.15) is 0 Å². The van der Waals surface area contributed by atoms with Gasteiger partial charge in [0.05, 0.1) is 35.9 Å². The van der Waals surface area contributed by atoms with Crippen LogP contribution < -0.4 is 20.7 Å². The topological polar surface area (TPSA) is 101 Å². The first-order chi connectivity index (χ1) is 11.0. The van der Waals surface area contributed by atoms with Crippen molar-refractivity contribution in [2.45, 2.75) is 11.4 Å². The van der Waals surface area contributed by atoms with E-state index >= 15 is 0 Å². The first-order valence-corrected chi connectivity index (χ1v) is 8.96. The fraction of sp³-hybridized carbons (Fsp3) is 0.286. The number of sulfonamides is 1. The van der Waals surface area contributed by atoms with Crippen LogP contribution in [0.15, 0.2) is 39.8 Å². The van der Waals surface area contributed by atoms with Crippen LogP contribution in [0.25, 0.3) is 0 Å². The number of nitrogens with one attached hydrogen (secondary N) is 2. The number of hydrogen-bond acceptors (Lipinski definition) is 6. The second-order valence-electron chi connectivity index (χ2n) is 5.17. The fourth-order valence-corrected chi connectivity index (χ4v) is 3.89. The lowest BCUT2D eigenvalue weighted by atomic mass is 10.2. The summed E-state index contributed by atoms with van der Waals surface area (Å²) in [6, 6.07) is 6.90. The van der Waals surface area contributed by atoms with E-state index in [1.807, 2.05) is 11.0 Å². The van der Waals surface area contributed by atoms with E-state index in [9.17, 15) is 8.42 Å². The van der Waals surface area contributed by atoms with Gasteiger partial charge in [-0.3, -0.25) is 5.32 Å². The number of furan rings is 1. The second-order valence-corrected chi connectivity index (χ2v) is 7.08. The van der Waals surface area contributed by atoms with Crippen LogP contribution in [0.1, 0.15) is 5.76 Å². The predicted molar refractivity (Wildman–Crippen MR) is 89.1 cm³/mol. The van der Waals surface area contributed by atoms with E-state index < -0.39 is 10.0 Å². The van der Waals surface area contributed by atoms with Crippen LogP contribution in [0, 0.1) is 0 Å². The molecule has 0 radical (unpaired) electrons. The summed E-state index contributed by atoms with van der Waals surface area (Å²) >= 11 is 6.11. The number of hydrogen-bond donors (Lipinski definition) is 3. The maximum Gasteiger partial charge on any atom is 0.241 e. The molecular formula is C14H17ClN4O3S. The smallest absolute Gasteiger partial charge is 0.241 e. The molecular weight excluding hydrogens is 340 g/mol. The molecule has 1 aliphatic rings. The Labute approximate surface area is 139 Å². The zero-order chi connectivity index (χ0) is 16.4. The van der Waals surface area contributed by atoms with E-state index in [4.69, 9.17) is 21.2 Å². The van der Waals surface area contributed by atoms with E-state index in [-0.39, 0.29) is 9.92 Å². The lowest BCUT2D eigenvalue weighted by Gasteiger charge is -2.24. The minimum atomic E-state index is -3.96. The average molecular weight is 357 g/mol. The standard InChI is InChI=1S/C14H17ClN4O3S/c15-11-3-4-12(18-8-10-2-1-7-22-10)13(14(11)23(16,20)21)19-6-5-17-9-19/h1-4,7,17-18H,5-6,8-9H2,(H2,16,20,21). The average Bonchev–Trinajstić information content (AvgIpc) is 3.18. The number of nitrogens with two attached hydrogens (primary N) is 1. The molecule has 4 N–H and O–H groups in total. The molecule has 0 bridgehead atoms. The van der Waals surface area contributed by atoms with Crippen LogP contribution >= 0.6 is 11.6 Å². The van der Waals surface area contributed by atoms with Crippen molar-refractivity contribution in [3.05, 3.63) is 41.3 Å². The lowest BCUT2D eigenvalue weighted by molar-refractivity contribution is 0.518. The van der Waals surface area contributed by atoms with Gasteiger partial charge in [0.1, 0.15) is 10.7 Å². The molecule has 1 aliphatic heterocycles. The van der Waals surface area contributed by atoms with Crippen LogP contribution in [0.5, 0.6) is 0 Å². The van der Waals surface area contributed by atoms with Gasteiger partial charge >= 0.3 is 0 Å². The Morgan fingerprint density at radius 2 is 2.22 bits per heavy atom. The molecule has 23 heavy (non-hydrogen) atoms. The van der Waals surface area contributed by atoms with Gasteiger partial charge in [-0.25, -0.2) is 13.6 Å². The van der Waals surface area contributed by atoms with Crippen molar-refractivity contribution >= 4 is 33.0 Å². The number of primary sulfonamides is 1. The lowest BCUT2D eigenvalue weighted by Crippen LogP contribution is -2.26. The summed E-state index contributed by atoms with van der Waals surface area (Å²) < 4.78 is 29.3. The molecule has 3 rings (SSSR count). The van der Waals surface area contributed by atoms with E-state index in [2.05, 4.69) is 10.6 Å². The summed E-state index contributed by atoms with van der Waals surface area (Å²) in [7, 11) is -3.96. The van der Waals surface area contributed by atoms with Crippen LogP contribution in [0.2, 0.25) is 5.02 Å². The van der Waals surface area contributed by atoms with Crippen molar-refractivity contribution in [2.75, 3.05) is 30.0 Å². The van der Waals surface area contributed by atoms with Crippen molar-refractivity contribution in [2.24, 2.45) is 5.14 Å². The molecule has 7 nitrogen and oxygen atoms in total. The Morgan fingerprint density at radius 3 is 2.83 bits per heavy atom. The Balaban J connectivity index is 2.03. The summed E-state index contributed by atoms with van der Waals surface area (Å²) in [5.74, 6) is 0.739.